The molecule has 1 unspecified atom stereocenters. The fourth-order valence-electron chi connectivity index (χ4n) is 3.26. The maximum atomic E-state index is 10.4. The minimum atomic E-state index is -0.506. The van der Waals surface area contributed by atoms with Gasteiger partial charge in [-0.25, -0.2) is 9.97 Å². The Morgan fingerprint density at radius 1 is 1.04 bits per heavy atom. The molecular weight excluding hydrogens is 328 g/mol. The van der Waals surface area contributed by atoms with Crippen molar-refractivity contribution >= 4 is 5.95 Å². The molecule has 2 heterocycles. The van der Waals surface area contributed by atoms with Crippen LogP contribution in [0.4, 0.5) is 5.95 Å². The van der Waals surface area contributed by atoms with E-state index < -0.39 is 6.10 Å². The van der Waals surface area contributed by atoms with Gasteiger partial charge < -0.3 is 14.7 Å². The molecule has 0 aliphatic carbocycles. The van der Waals surface area contributed by atoms with Gasteiger partial charge in [0, 0.05) is 45.1 Å². The van der Waals surface area contributed by atoms with Gasteiger partial charge in [-0.3, -0.25) is 4.90 Å². The van der Waals surface area contributed by atoms with Crippen LogP contribution in [-0.4, -0.2) is 65.4 Å². The van der Waals surface area contributed by atoms with Gasteiger partial charge in [0.25, 0.3) is 0 Å². The number of aromatic nitrogens is 2. The summed E-state index contributed by atoms with van der Waals surface area (Å²) in [6, 6.07) is 5.99. The smallest absolute Gasteiger partial charge is 0.225 e. The van der Waals surface area contributed by atoms with Crippen LogP contribution in [-0.2, 0) is 0 Å². The van der Waals surface area contributed by atoms with Gasteiger partial charge >= 0.3 is 0 Å². The Kier molecular flexibility index (Phi) is 6.06. The lowest BCUT2D eigenvalue weighted by Gasteiger charge is -2.35. The standard InChI is InChI=1S/C20H28N4O2/c1-15-5-6-16(2)19(17(15)3)26-14-18(25)13-23-9-11-24(12-10-23)20-21-7-4-8-22-20/h4-8,18,25H,9-14H2,1-3H3. The third kappa shape index (κ3) is 4.51. The highest BCUT2D eigenvalue weighted by Crippen LogP contribution is 2.25. The minimum Gasteiger partial charge on any atom is -0.490 e. The molecule has 1 fully saturated rings. The molecule has 1 saturated heterocycles. The average molecular weight is 356 g/mol. The molecule has 1 aromatic heterocycles. The van der Waals surface area contributed by atoms with Crippen molar-refractivity contribution < 1.29 is 9.84 Å². The van der Waals surface area contributed by atoms with Gasteiger partial charge in [-0.05, 0) is 43.5 Å². The van der Waals surface area contributed by atoms with Crippen LogP contribution in [0, 0.1) is 20.8 Å². The van der Waals surface area contributed by atoms with Crippen LogP contribution in [0.2, 0.25) is 0 Å². The lowest BCUT2D eigenvalue weighted by Crippen LogP contribution is -2.49. The lowest BCUT2D eigenvalue weighted by atomic mass is 10.1. The predicted molar refractivity (Wildman–Crippen MR) is 103 cm³/mol. The van der Waals surface area contributed by atoms with Crippen molar-refractivity contribution in [3.63, 3.8) is 0 Å². The Hall–Kier alpha value is -2.18. The Balaban J connectivity index is 1.46. The molecule has 0 radical (unpaired) electrons. The topological polar surface area (TPSA) is 61.7 Å². The Labute approximate surface area is 155 Å². The summed E-state index contributed by atoms with van der Waals surface area (Å²) in [5.41, 5.74) is 3.46. The summed E-state index contributed by atoms with van der Waals surface area (Å²) >= 11 is 0. The summed E-state index contributed by atoms with van der Waals surface area (Å²) in [6.45, 7) is 10.6. The van der Waals surface area contributed by atoms with Crippen molar-refractivity contribution in [1.29, 1.82) is 0 Å². The Bertz CT molecular complexity index is 715. The van der Waals surface area contributed by atoms with Crippen molar-refractivity contribution in [2.24, 2.45) is 0 Å². The van der Waals surface area contributed by atoms with E-state index in [-0.39, 0.29) is 0 Å². The largest absolute Gasteiger partial charge is 0.490 e. The van der Waals surface area contributed by atoms with E-state index in [2.05, 4.69) is 45.7 Å². The highest BCUT2D eigenvalue weighted by Gasteiger charge is 2.21. The summed E-state index contributed by atoms with van der Waals surface area (Å²) in [4.78, 5) is 13.1. The first kappa shape index (κ1) is 18.6. The van der Waals surface area contributed by atoms with E-state index >= 15 is 0 Å². The number of ether oxygens (including phenoxy) is 1. The third-order valence-electron chi connectivity index (χ3n) is 4.97. The maximum absolute atomic E-state index is 10.4. The number of aryl methyl sites for hydroxylation is 2. The van der Waals surface area contributed by atoms with Gasteiger partial charge in [0.2, 0.25) is 5.95 Å². The fourth-order valence-corrected chi connectivity index (χ4v) is 3.26. The Morgan fingerprint density at radius 2 is 1.69 bits per heavy atom. The van der Waals surface area contributed by atoms with Crippen LogP contribution in [0.5, 0.6) is 5.75 Å². The number of β-amino-alcohol motifs (C(OH)–C–C–N with tert-alkyl or cyclic N) is 1. The van der Waals surface area contributed by atoms with Crippen LogP contribution in [0.3, 0.4) is 0 Å². The third-order valence-corrected chi connectivity index (χ3v) is 4.97. The zero-order chi connectivity index (χ0) is 18.5. The molecule has 0 bridgehead atoms. The zero-order valence-electron chi connectivity index (χ0n) is 15.9. The van der Waals surface area contributed by atoms with Crippen molar-refractivity contribution in [2.45, 2.75) is 26.9 Å². The van der Waals surface area contributed by atoms with Crippen molar-refractivity contribution in [1.82, 2.24) is 14.9 Å². The normalized spacial score (nSPS) is 16.5. The van der Waals surface area contributed by atoms with Crippen molar-refractivity contribution in [3.8, 4) is 5.75 Å². The van der Waals surface area contributed by atoms with Crippen LogP contribution >= 0.6 is 0 Å². The van der Waals surface area contributed by atoms with E-state index in [0.29, 0.717) is 13.2 Å². The second-order valence-electron chi connectivity index (χ2n) is 6.95. The van der Waals surface area contributed by atoms with Gasteiger partial charge in [0.1, 0.15) is 18.5 Å². The number of hydrogen-bond acceptors (Lipinski definition) is 6. The molecule has 0 spiro atoms. The summed E-state index contributed by atoms with van der Waals surface area (Å²) in [5.74, 6) is 1.68. The van der Waals surface area contributed by atoms with E-state index in [0.717, 1.165) is 49.0 Å². The average Bonchev–Trinajstić information content (AvgIpc) is 2.66. The zero-order valence-corrected chi connectivity index (χ0v) is 15.9. The quantitative estimate of drug-likeness (QED) is 0.854. The molecule has 6 heteroatoms. The monoisotopic (exact) mass is 356 g/mol. The number of rotatable bonds is 6. The number of piperazine rings is 1. The summed E-state index contributed by atoms with van der Waals surface area (Å²) < 4.78 is 5.94. The molecular formula is C20H28N4O2. The number of anilines is 1. The van der Waals surface area contributed by atoms with Crippen molar-refractivity contribution in [2.75, 3.05) is 44.2 Å². The molecule has 0 amide bonds. The molecule has 26 heavy (non-hydrogen) atoms. The van der Waals surface area contributed by atoms with E-state index in [1.54, 1.807) is 12.4 Å². The molecule has 1 aliphatic rings. The molecule has 2 aromatic rings. The summed E-state index contributed by atoms with van der Waals surface area (Å²) in [7, 11) is 0. The predicted octanol–water partition coefficient (Wildman–Crippen LogP) is 1.96. The number of hydrogen-bond donors (Lipinski definition) is 1. The second kappa shape index (κ2) is 8.47. The van der Waals surface area contributed by atoms with E-state index in [9.17, 15) is 5.11 Å². The van der Waals surface area contributed by atoms with Crippen LogP contribution in [0.15, 0.2) is 30.6 Å². The molecule has 140 valence electrons. The molecule has 6 nitrogen and oxygen atoms in total. The van der Waals surface area contributed by atoms with E-state index in [4.69, 9.17) is 4.74 Å². The van der Waals surface area contributed by atoms with Crippen LogP contribution < -0.4 is 9.64 Å². The van der Waals surface area contributed by atoms with Gasteiger partial charge in [-0.1, -0.05) is 12.1 Å². The molecule has 1 aliphatic heterocycles. The number of aliphatic hydroxyl groups is 1. The molecule has 1 N–H and O–H groups in total. The second-order valence-corrected chi connectivity index (χ2v) is 6.95. The van der Waals surface area contributed by atoms with E-state index in [1.807, 2.05) is 13.0 Å². The van der Waals surface area contributed by atoms with Crippen molar-refractivity contribution in [3.05, 3.63) is 47.3 Å². The minimum absolute atomic E-state index is 0.313. The molecule has 1 aromatic carbocycles. The maximum Gasteiger partial charge on any atom is 0.225 e. The first-order valence-corrected chi connectivity index (χ1v) is 9.16. The highest BCUT2D eigenvalue weighted by atomic mass is 16.5. The number of aliphatic hydroxyl groups excluding tert-OH is 1. The lowest BCUT2D eigenvalue weighted by molar-refractivity contribution is 0.0657. The Morgan fingerprint density at radius 3 is 2.38 bits per heavy atom. The van der Waals surface area contributed by atoms with Gasteiger partial charge in [0.05, 0.1) is 0 Å². The van der Waals surface area contributed by atoms with Crippen LogP contribution in [0.1, 0.15) is 16.7 Å². The van der Waals surface area contributed by atoms with Gasteiger partial charge in [-0.15, -0.1) is 0 Å². The number of nitrogens with zero attached hydrogens (tertiary/aromatic N) is 4. The fraction of sp³-hybridized carbons (Fsp3) is 0.500. The molecule has 0 saturated carbocycles. The molecule has 1 atom stereocenters. The summed E-state index contributed by atoms with van der Waals surface area (Å²) in [5, 5.41) is 10.4. The first-order chi connectivity index (χ1) is 12.5. The first-order valence-electron chi connectivity index (χ1n) is 9.16. The SMILES string of the molecule is Cc1ccc(C)c(OCC(O)CN2CCN(c3ncccn3)CC2)c1C. The number of benzene rings is 1. The van der Waals surface area contributed by atoms with Crippen LogP contribution in [0.25, 0.3) is 0 Å². The van der Waals surface area contributed by atoms with E-state index in [1.165, 1.54) is 5.56 Å². The highest BCUT2D eigenvalue weighted by molar-refractivity contribution is 5.44. The van der Waals surface area contributed by atoms with Gasteiger partial charge in [-0.2, -0.15) is 0 Å². The van der Waals surface area contributed by atoms with Gasteiger partial charge in [0.15, 0.2) is 0 Å². The summed E-state index contributed by atoms with van der Waals surface area (Å²) in [6.07, 6.45) is 3.03. The molecule has 3 rings (SSSR count).